The van der Waals surface area contributed by atoms with E-state index in [-0.39, 0.29) is 0 Å². The van der Waals surface area contributed by atoms with Gasteiger partial charge in [0.25, 0.3) is 0 Å². The number of rotatable bonds is 6. The van der Waals surface area contributed by atoms with E-state index in [2.05, 4.69) is 25.7 Å². The molecule has 0 aliphatic heterocycles. The Balaban J connectivity index is 3.04. The van der Waals surface area contributed by atoms with Gasteiger partial charge in [-0.1, -0.05) is 19.9 Å². The van der Waals surface area contributed by atoms with Crippen LogP contribution in [0.25, 0.3) is 0 Å². The molecule has 10 heavy (non-hydrogen) atoms. The summed E-state index contributed by atoms with van der Waals surface area (Å²) in [6.45, 7) is 10.3. The molecule has 0 saturated heterocycles. The molecule has 60 valence electrons. The van der Waals surface area contributed by atoms with Crippen LogP contribution in [0.3, 0.4) is 0 Å². The fourth-order valence-electron chi connectivity index (χ4n) is 0.928. The molecule has 0 aliphatic rings. The Bertz CT molecular complexity index is 78.8. The second-order valence-electron chi connectivity index (χ2n) is 2.77. The predicted molar refractivity (Wildman–Crippen MR) is 47.1 cm³/mol. The van der Waals surface area contributed by atoms with Crippen molar-refractivity contribution in [3.63, 3.8) is 0 Å². The minimum Gasteiger partial charge on any atom is -0.317 e. The second kappa shape index (κ2) is 6.81. The van der Waals surface area contributed by atoms with Crippen LogP contribution in [-0.4, -0.2) is 13.1 Å². The van der Waals surface area contributed by atoms with Crippen molar-refractivity contribution < 1.29 is 0 Å². The van der Waals surface area contributed by atoms with Crippen molar-refractivity contribution in [2.75, 3.05) is 13.1 Å². The molecule has 1 unspecified atom stereocenters. The van der Waals surface area contributed by atoms with E-state index in [0.717, 1.165) is 25.4 Å². The Morgan fingerprint density at radius 3 is 2.80 bits per heavy atom. The molecule has 0 rings (SSSR count). The first-order valence-corrected chi connectivity index (χ1v) is 4.12. The largest absolute Gasteiger partial charge is 0.317 e. The summed E-state index contributed by atoms with van der Waals surface area (Å²) in [6.07, 6.45) is 4.40. The SMILES string of the molecule is C=CCC(C)CCNCC. The van der Waals surface area contributed by atoms with Crippen LogP contribution in [-0.2, 0) is 0 Å². The molecule has 0 heterocycles. The van der Waals surface area contributed by atoms with Crippen LogP contribution >= 0.6 is 0 Å². The summed E-state index contributed by atoms with van der Waals surface area (Å²) in [7, 11) is 0. The fourth-order valence-corrected chi connectivity index (χ4v) is 0.928. The van der Waals surface area contributed by atoms with E-state index in [1.807, 2.05) is 6.08 Å². The Morgan fingerprint density at radius 1 is 1.60 bits per heavy atom. The Labute approximate surface area is 64.5 Å². The van der Waals surface area contributed by atoms with Crippen LogP contribution in [0.15, 0.2) is 12.7 Å². The minimum atomic E-state index is 0.788. The quantitative estimate of drug-likeness (QED) is 0.441. The molecule has 0 aliphatic carbocycles. The standard InChI is InChI=1S/C9H19N/c1-4-6-9(3)7-8-10-5-2/h4,9-10H,1,5-8H2,2-3H3. The van der Waals surface area contributed by atoms with Gasteiger partial charge in [0.15, 0.2) is 0 Å². The van der Waals surface area contributed by atoms with Gasteiger partial charge >= 0.3 is 0 Å². The lowest BCUT2D eigenvalue weighted by molar-refractivity contribution is 0.512. The average Bonchev–Trinajstić information content (AvgIpc) is 1.89. The van der Waals surface area contributed by atoms with E-state index in [4.69, 9.17) is 0 Å². The molecule has 0 bridgehead atoms. The van der Waals surface area contributed by atoms with E-state index in [0.29, 0.717) is 0 Å². The summed E-state index contributed by atoms with van der Waals surface area (Å²) in [4.78, 5) is 0. The summed E-state index contributed by atoms with van der Waals surface area (Å²) >= 11 is 0. The van der Waals surface area contributed by atoms with Crippen molar-refractivity contribution in [3.05, 3.63) is 12.7 Å². The molecule has 0 radical (unpaired) electrons. The third-order valence-electron chi connectivity index (χ3n) is 1.63. The van der Waals surface area contributed by atoms with Crippen LogP contribution in [0, 0.1) is 5.92 Å². The van der Waals surface area contributed by atoms with Crippen molar-refractivity contribution in [2.45, 2.75) is 26.7 Å². The fraction of sp³-hybridized carbons (Fsp3) is 0.778. The van der Waals surface area contributed by atoms with Gasteiger partial charge in [0.05, 0.1) is 0 Å². The van der Waals surface area contributed by atoms with Gasteiger partial charge in [0.2, 0.25) is 0 Å². The molecule has 0 aromatic heterocycles. The van der Waals surface area contributed by atoms with Gasteiger partial charge in [-0.3, -0.25) is 0 Å². The highest BCUT2D eigenvalue weighted by atomic mass is 14.8. The normalized spacial score (nSPS) is 13.0. The molecule has 1 heteroatoms. The average molecular weight is 141 g/mol. The molecular weight excluding hydrogens is 122 g/mol. The lowest BCUT2D eigenvalue weighted by atomic mass is 10.0. The molecule has 0 saturated carbocycles. The third-order valence-corrected chi connectivity index (χ3v) is 1.63. The summed E-state index contributed by atoms with van der Waals surface area (Å²) in [6, 6.07) is 0. The third kappa shape index (κ3) is 5.83. The zero-order valence-electron chi connectivity index (χ0n) is 7.19. The first-order chi connectivity index (χ1) is 4.81. The number of allylic oxidation sites excluding steroid dienone is 1. The molecular formula is C9H19N. The lowest BCUT2D eigenvalue weighted by Crippen LogP contribution is -2.16. The monoisotopic (exact) mass is 141 g/mol. The van der Waals surface area contributed by atoms with Crippen molar-refractivity contribution in [2.24, 2.45) is 5.92 Å². The van der Waals surface area contributed by atoms with Crippen LogP contribution in [0.2, 0.25) is 0 Å². The van der Waals surface area contributed by atoms with Crippen molar-refractivity contribution in [1.82, 2.24) is 5.32 Å². The van der Waals surface area contributed by atoms with Gasteiger partial charge in [0.1, 0.15) is 0 Å². The van der Waals surface area contributed by atoms with Gasteiger partial charge in [-0.25, -0.2) is 0 Å². The van der Waals surface area contributed by atoms with Crippen LogP contribution in [0.5, 0.6) is 0 Å². The van der Waals surface area contributed by atoms with Gasteiger partial charge in [-0.05, 0) is 31.8 Å². The highest BCUT2D eigenvalue weighted by Crippen LogP contribution is 2.05. The summed E-state index contributed by atoms with van der Waals surface area (Å²) in [5.74, 6) is 0.788. The molecule has 1 nitrogen and oxygen atoms in total. The van der Waals surface area contributed by atoms with Crippen molar-refractivity contribution >= 4 is 0 Å². The first kappa shape index (κ1) is 9.70. The maximum Gasteiger partial charge on any atom is -0.00464 e. The van der Waals surface area contributed by atoms with Crippen LogP contribution in [0.4, 0.5) is 0 Å². The van der Waals surface area contributed by atoms with Crippen LogP contribution in [0.1, 0.15) is 26.7 Å². The molecule has 1 N–H and O–H groups in total. The molecule has 0 aromatic rings. The highest BCUT2D eigenvalue weighted by molar-refractivity contribution is 4.70. The Kier molecular flexibility index (Phi) is 6.61. The molecule has 0 spiro atoms. The predicted octanol–water partition coefficient (Wildman–Crippen LogP) is 2.20. The highest BCUT2D eigenvalue weighted by Gasteiger charge is 1.96. The zero-order valence-corrected chi connectivity index (χ0v) is 7.19. The number of nitrogens with one attached hydrogen (secondary N) is 1. The Morgan fingerprint density at radius 2 is 2.30 bits per heavy atom. The van der Waals surface area contributed by atoms with E-state index in [1.165, 1.54) is 6.42 Å². The molecule has 0 aromatic carbocycles. The van der Waals surface area contributed by atoms with Gasteiger partial charge < -0.3 is 5.32 Å². The van der Waals surface area contributed by atoms with E-state index >= 15 is 0 Å². The lowest BCUT2D eigenvalue weighted by Gasteiger charge is -2.07. The van der Waals surface area contributed by atoms with E-state index in [1.54, 1.807) is 0 Å². The zero-order chi connectivity index (χ0) is 7.82. The Hall–Kier alpha value is -0.300. The maximum absolute atomic E-state index is 3.71. The topological polar surface area (TPSA) is 12.0 Å². The molecule has 0 amide bonds. The minimum absolute atomic E-state index is 0.788. The smallest absolute Gasteiger partial charge is 0.00464 e. The van der Waals surface area contributed by atoms with E-state index in [9.17, 15) is 0 Å². The molecule has 0 fully saturated rings. The van der Waals surface area contributed by atoms with Gasteiger partial charge in [0, 0.05) is 0 Å². The summed E-state index contributed by atoms with van der Waals surface area (Å²) in [5, 5.41) is 3.30. The van der Waals surface area contributed by atoms with Gasteiger partial charge in [-0.2, -0.15) is 0 Å². The van der Waals surface area contributed by atoms with Gasteiger partial charge in [-0.15, -0.1) is 6.58 Å². The van der Waals surface area contributed by atoms with E-state index < -0.39 is 0 Å². The summed E-state index contributed by atoms with van der Waals surface area (Å²) in [5.41, 5.74) is 0. The first-order valence-electron chi connectivity index (χ1n) is 4.12. The maximum atomic E-state index is 3.71. The number of hydrogen-bond donors (Lipinski definition) is 1. The van der Waals surface area contributed by atoms with Crippen LogP contribution < -0.4 is 5.32 Å². The molecule has 1 atom stereocenters. The van der Waals surface area contributed by atoms with Crippen molar-refractivity contribution in [3.8, 4) is 0 Å². The summed E-state index contributed by atoms with van der Waals surface area (Å²) < 4.78 is 0. The number of hydrogen-bond acceptors (Lipinski definition) is 1. The second-order valence-corrected chi connectivity index (χ2v) is 2.77. The van der Waals surface area contributed by atoms with Crippen molar-refractivity contribution in [1.29, 1.82) is 0 Å².